The molecule has 19 heavy (non-hydrogen) atoms. The molecular weight excluding hydrogens is 240 g/mol. The highest BCUT2D eigenvalue weighted by Gasteiger charge is 2.22. The summed E-state index contributed by atoms with van der Waals surface area (Å²) in [5.41, 5.74) is 3.73. The Labute approximate surface area is 112 Å². The van der Waals surface area contributed by atoms with Gasteiger partial charge in [0, 0.05) is 36.2 Å². The first-order valence-corrected chi connectivity index (χ1v) is 6.97. The molecule has 1 unspecified atom stereocenters. The molecule has 0 aromatic carbocycles. The predicted octanol–water partition coefficient (Wildman–Crippen LogP) is 1.85. The van der Waals surface area contributed by atoms with E-state index in [1.54, 1.807) is 6.20 Å². The number of aliphatic hydroxyl groups excluding tert-OH is 1. The van der Waals surface area contributed by atoms with Gasteiger partial charge in [-0.3, -0.25) is 4.68 Å². The van der Waals surface area contributed by atoms with Gasteiger partial charge in [-0.1, -0.05) is 5.21 Å². The van der Waals surface area contributed by atoms with Crippen LogP contribution in [0.25, 0.3) is 0 Å². The first-order chi connectivity index (χ1) is 9.25. The number of hydrogen-bond acceptors (Lipinski definition) is 3. The van der Waals surface area contributed by atoms with Crippen LogP contribution in [0.15, 0.2) is 18.5 Å². The lowest BCUT2D eigenvalue weighted by Gasteiger charge is -2.20. The minimum Gasteiger partial charge on any atom is -0.388 e. The fraction of sp³-hybridized carbons (Fsp3) is 0.571. The van der Waals surface area contributed by atoms with Crippen LogP contribution in [0.4, 0.5) is 0 Å². The number of aromatic nitrogens is 4. The lowest BCUT2D eigenvalue weighted by molar-refractivity contribution is 0.155. The third kappa shape index (κ3) is 2.42. The van der Waals surface area contributed by atoms with Gasteiger partial charge in [0.25, 0.3) is 0 Å². The molecular formula is C14H20N4O. The van der Waals surface area contributed by atoms with E-state index in [1.165, 1.54) is 11.4 Å². The summed E-state index contributed by atoms with van der Waals surface area (Å²) in [5, 5.41) is 17.8. The van der Waals surface area contributed by atoms with Gasteiger partial charge in [-0.05, 0) is 38.7 Å². The first kappa shape index (κ1) is 12.4. The van der Waals surface area contributed by atoms with E-state index in [0.29, 0.717) is 0 Å². The summed E-state index contributed by atoms with van der Waals surface area (Å²) in [6.45, 7) is 3.99. The summed E-state index contributed by atoms with van der Waals surface area (Å²) >= 11 is 0. The quantitative estimate of drug-likeness (QED) is 0.912. The van der Waals surface area contributed by atoms with Gasteiger partial charge in [0.1, 0.15) is 0 Å². The number of rotatable bonds is 4. The van der Waals surface area contributed by atoms with Crippen molar-refractivity contribution in [1.29, 1.82) is 0 Å². The van der Waals surface area contributed by atoms with Crippen molar-refractivity contribution in [3.8, 4) is 0 Å². The number of hydrogen-bond donors (Lipinski definition) is 1. The normalized spacial score (nSPS) is 18.5. The van der Waals surface area contributed by atoms with Gasteiger partial charge in [-0.2, -0.15) is 0 Å². The Morgan fingerprint density at radius 1 is 1.42 bits per heavy atom. The minimum atomic E-state index is -0.265. The summed E-state index contributed by atoms with van der Waals surface area (Å²) in [4.78, 5) is 0. The van der Waals surface area contributed by atoms with E-state index in [0.717, 1.165) is 44.3 Å². The van der Waals surface area contributed by atoms with Gasteiger partial charge >= 0.3 is 0 Å². The highest BCUT2D eigenvalue weighted by molar-refractivity contribution is 5.31. The Bertz CT molecular complexity index is 544. The van der Waals surface area contributed by atoms with Gasteiger partial charge in [0.05, 0.1) is 12.3 Å². The van der Waals surface area contributed by atoms with Crippen molar-refractivity contribution in [2.75, 3.05) is 0 Å². The van der Waals surface area contributed by atoms with Crippen LogP contribution in [-0.2, 0) is 19.5 Å². The highest BCUT2D eigenvalue weighted by atomic mass is 16.3. The van der Waals surface area contributed by atoms with E-state index in [4.69, 9.17) is 0 Å². The van der Waals surface area contributed by atoms with Crippen molar-refractivity contribution < 1.29 is 5.11 Å². The summed E-state index contributed by atoms with van der Waals surface area (Å²) in [5.74, 6) is 0. The van der Waals surface area contributed by atoms with E-state index in [9.17, 15) is 5.11 Å². The molecule has 2 heterocycles. The predicted molar refractivity (Wildman–Crippen MR) is 71.7 cm³/mol. The summed E-state index contributed by atoms with van der Waals surface area (Å²) in [7, 11) is 0. The van der Waals surface area contributed by atoms with Gasteiger partial charge in [-0.25, -0.2) is 0 Å². The first-order valence-electron chi connectivity index (χ1n) is 6.97. The monoisotopic (exact) mass is 260 g/mol. The van der Waals surface area contributed by atoms with E-state index >= 15 is 0 Å². The van der Waals surface area contributed by atoms with Crippen LogP contribution in [0.1, 0.15) is 42.3 Å². The fourth-order valence-corrected chi connectivity index (χ4v) is 3.00. The topological polar surface area (TPSA) is 55.9 Å². The van der Waals surface area contributed by atoms with Crippen LogP contribution >= 0.6 is 0 Å². The number of aliphatic hydroxyl groups is 1. The molecule has 0 saturated carbocycles. The second-order valence-corrected chi connectivity index (χ2v) is 5.27. The molecule has 0 fully saturated rings. The van der Waals surface area contributed by atoms with Crippen molar-refractivity contribution in [3.63, 3.8) is 0 Å². The lowest BCUT2D eigenvalue weighted by Crippen LogP contribution is -2.13. The average molecular weight is 260 g/mol. The van der Waals surface area contributed by atoms with Crippen LogP contribution in [0.5, 0.6) is 0 Å². The standard InChI is InChI=1S/C14H20N4O/c1-11-10-12-13(4-2-5-14(12)19)18(11)8-3-7-17-9-6-15-16-17/h6,9-10,14,19H,2-5,7-8H2,1H3. The molecule has 0 bridgehead atoms. The highest BCUT2D eigenvalue weighted by Crippen LogP contribution is 2.32. The zero-order valence-electron chi connectivity index (χ0n) is 11.3. The lowest BCUT2D eigenvalue weighted by atomic mass is 9.95. The summed E-state index contributed by atoms with van der Waals surface area (Å²) in [6, 6.07) is 2.15. The largest absolute Gasteiger partial charge is 0.388 e. The molecule has 5 nitrogen and oxygen atoms in total. The minimum absolute atomic E-state index is 0.265. The molecule has 1 N–H and O–H groups in total. The molecule has 1 atom stereocenters. The second kappa shape index (κ2) is 5.17. The molecule has 2 aromatic heterocycles. The Hall–Kier alpha value is -1.62. The second-order valence-electron chi connectivity index (χ2n) is 5.27. The van der Waals surface area contributed by atoms with Crippen molar-refractivity contribution in [1.82, 2.24) is 19.6 Å². The molecule has 5 heteroatoms. The molecule has 0 amide bonds. The third-order valence-electron chi connectivity index (χ3n) is 3.94. The van der Waals surface area contributed by atoms with Crippen LogP contribution in [0.3, 0.4) is 0 Å². The zero-order chi connectivity index (χ0) is 13.2. The third-order valence-corrected chi connectivity index (χ3v) is 3.94. The molecule has 0 saturated heterocycles. The van der Waals surface area contributed by atoms with Crippen molar-refractivity contribution in [2.45, 2.75) is 51.8 Å². The fourth-order valence-electron chi connectivity index (χ4n) is 3.00. The van der Waals surface area contributed by atoms with Gasteiger partial charge in [0.15, 0.2) is 0 Å². The molecule has 0 aliphatic heterocycles. The van der Waals surface area contributed by atoms with Crippen molar-refractivity contribution in [3.05, 3.63) is 35.4 Å². The SMILES string of the molecule is Cc1cc2c(n1CCCn1ccnn1)CCCC2O. The molecule has 102 valence electrons. The molecule has 2 aromatic rings. The van der Waals surface area contributed by atoms with E-state index < -0.39 is 0 Å². The Morgan fingerprint density at radius 3 is 3.11 bits per heavy atom. The smallest absolute Gasteiger partial charge is 0.0807 e. The molecule has 1 aliphatic rings. The van der Waals surface area contributed by atoms with Gasteiger partial charge in [-0.15, -0.1) is 5.10 Å². The Kier molecular flexibility index (Phi) is 3.38. The van der Waals surface area contributed by atoms with Gasteiger partial charge < -0.3 is 9.67 Å². The summed E-state index contributed by atoms with van der Waals surface area (Å²) < 4.78 is 4.22. The van der Waals surface area contributed by atoms with E-state index in [1.807, 2.05) is 10.9 Å². The average Bonchev–Trinajstić information content (AvgIpc) is 3.00. The van der Waals surface area contributed by atoms with E-state index in [-0.39, 0.29) is 6.10 Å². The maximum atomic E-state index is 10.0. The maximum absolute atomic E-state index is 10.0. The molecule has 0 radical (unpaired) electrons. The number of aryl methyl sites for hydroxylation is 2. The zero-order valence-corrected chi connectivity index (χ0v) is 11.3. The van der Waals surface area contributed by atoms with Crippen LogP contribution in [-0.4, -0.2) is 24.7 Å². The number of nitrogens with zero attached hydrogens (tertiary/aromatic N) is 4. The van der Waals surface area contributed by atoms with Crippen LogP contribution in [0.2, 0.25) is 0 Å². The van der Waals surface area contributed by atoms with Crippen LogP contribution in [0, 0.1) is 6.92 Å². The molecule has 0 spiro atoms. The van der Waals surface area contributed by atoms with E-state index in [2.05, 4.69) is 27.9 Å². The van der Waals surface area contributed by atoms with Crippen molar-refractivity contribution in [2.24, 2.45) is 0 Å². The summed E-state index contributed by atoms with van der Waals surface area (Å²) in [6.07, 6.45) is 7.43. The van der Waals surface area contributed by atoms with Crippen LogP contribution < -0.4 is 0 Å². The molecule has 3 rings (SSSR count). The maximum Gasteiger partial charge on any atom is 0.0807 e. The molecule has 1 aliphatic carbocycles. The van der Waals surface area contributed by atoms with Crippen molar-refractivity contribution >= 4 is 0 Å². The Morgan fingerprint density at radius 2 is 2.32 bits per heavy atom. The number of fused-ring (bicyclic) bond motifs is 1. The Balaban J connectivity index is 1.70. The van der Waals surface area contributed by atoms with Gasteiger partial charge in [0.2, 0.25) is 0 Å².